The van der Waals surface area contributed by atoms with Gasteiger partial charge < -0.3 is 15.2 Å². The number of alkyl halides is 2. The van der Waals surface area contributed by atoms with E-state index in [1.165, 1.54) is 6.07 Å². The van der Waals surface area contributed by atoms with Crippen LogP contribution in [-0.2, 0) is 4.79 Å². The van der Waals surface area contributed by atoms with Gasteiger partial charge in [0.25, 0.3) is 11.8 Å². The lowest BCUT2D eigenvalue weighted by atomic mass is 10.1. The number of hydrogen-bond acceptors (Lipinski definition) is 4. The molecule has 2 rings (SSSR count). The Morgan fingerprint density at radius 2 is 2.20 bits per heavy atom. The van der Waals surface area contributed by atoms with E-state index in [0.717, 1.165) is 6.92 Å². The summed E-state index contributed by atoms with van der Waals surface area (Å²) in [5.41, 5.74) is 0.949. The fourth-order valence-electron chi connectivity index (χ4n) is 2.13. The summed E-state index contributed by atoms with van der Waals surface area (Å²) in [4.78, 5) is 16.2. The summed E-state index contributed by atoms with van der Waals surface area (Å²) in [6.07, 6.45) is 7.52. The Bertz CT molecular complexity index is 721. The molecule has 0 aliphatic heterocycles. The standard InChI is InChI=1S/C18H20F2N2O3/c1-12(21-17(24)16(23)13-7-4-3-5-8-13)14-9-6-10-15(22-14)25-11-18(2,19)20/h3-7,9-10,12,23H,8,11H2,1-2H3,(H,21,24)/b16-13-. The van der Waals surface area contributed by atoms with Crippen molar-refractivity contribution in [3.05, 3.63) is 59.5 Å². The SMILES string of the molecule is CC(NC(=O)/C(O)=C1\C=CC=CC1)c1cccc(OCC(C)(F)F)n1. The predicted molar refractivity (Wildman–Crippen MR) is 89.5 cm³/mol. The fourth-order valence-corrected chi connectivity index (χ4v) is 2.13. The summed E-state index contributed by atoms with van der Waals surface area (Å²) < 4.78 is 30.7. The van der Waals surface area contributed by atoms with Crippen molar-refractivity contribution in [1.82, 2.24) is 10.3 Å². The number of carbonyl (C=O) groups excluding carboxylic acids is 1. The number of nitrogens with zero attached hydrogens (tertiary/aromatic N) is 1. The first kappa shape index (κ1) is 18.6. The van der Waals surface area contributed by atoms with Gasteiger partial charge in [0.15, 0.2) is 12.4 Å². The van der Waals surface area contributed by atoms with Crippen LogP contribution in [0.5, 0.6) is 5.88 Å². The maximum absolute atomic E-state index is 12.9. The first-order valence-corrected chi connectivity index (χ1v) is 7.80. The van der Waals surface area contributed by atoms with Gasteiger partial charge in [-0.15, -0.1) is 0 Å². The van der Waals surface area contributed by atoms with Crippen LogP contribution in [0.2, 0.25) is 0 Å². The molecule has 0 bridgehead atoms. The van der Waals surface area contributed by atoms with Crippen molar-refractivity contribution in [1.29, 1.82) is 0 Å². The Labute approximate surface area is 144 Å². The van der Waals surface area contributed by atoms with E-state index in [9.17, 15) is 18.7 Å². The van der Waals surface area contributed by atoms with Crippen LogP contribution in [0.4, 0.5) is 8.78 Å². The number of rotatable bonds is 6. The smallest absolute Gasteiger partial charge is 0.286 e. The number of pyridine rings is 1. The van der Waals surface area contributed by atoms with Gasteiger partial charge in [0.05, 0.1) is 11.7 Å². The zero-order valence-electron chi connectivity index (χ0n) is 14.0. The number of allylic oxidation sites excluding steroid dienone is 5. The number of aliphatic hydroxyl groups is 1. The minimum absolute atomic E-state index is 0.0445. The molecular weight excluding hydrogens is 330 g/mol. The number of carbonyl (C=O) groups is 1. The van der Waals surface area contributed by atoms with Crippen molar-refractivity contribution in [2.24, 2.45) is 0 Å². The Balaban J connectivity index is 2.03. The van der Waals surface area contributed by atoms with E-state index in [2.05, 4.69) is 10.3 Å². The van der Waals surface area contributed by atoms with Gasteiger partial charge in [0.1, 0.15) is 0 Å². The number of hydrogen-bond donors (Lipinski definition) is 2. The Kier molecular flexibility index (Phi) is 5.90. The van der Waals surface area contributed by atoms with Crippen molar-refractivity contribution in [2.75, 3.05) is 6.61 Å². The minimum Gasteiger partial charge on any atom is -0.503 e. The van der Waals surface area contributed by atoms with Crippen molar-refractivity contribution in [3.63, 3.8) is 0 Å². The predicted octanol–water partition coefficient (Wildman–Crippen LogP) is 3.62. The summed E-state index contributed by atoms with van der Waals surface area (Å²) in [7, 11) is 0. The van der Waals surface area contributed by atoms with Crippen molar-refractivity contribution in [3.8, 4) is 5.88 Å². The largest absolute Gasteiger partial charge is 0.503 e. The number of nitrogens with one attached hydrogen (secondary N) is 1. The molecule has 0 fully saturated rings. The van der Waals surface area contributed by atoms with Crippen LogP contribution < -0.4 is 10.1 Å². The molecule has 25 heavy (non-hydrogen) atoms. The third kappa shape index (κ3) is 5.70. The van der Waals surface area contributed by atoms with Gasteiger partial charge in [-0.3, -0.25) is 4.79 Å². The molecule has 0 saturated heterocycles. The lowest BCUT2D eigenvalue weighted by Gasteiger charge is -2.16. The van der Waals surface area contributed by atoms with Crippen LogP contribution in [0.3, 0.4) is 0 Å². The summed E-state index contributed by atoms with van der Waals surface area (Å²) in [5.74, 6) is -3.90. The quantitative estimate of drug-likeness (QED) is 0.607. The molecular formula is C18H20F2N2O3. The molecule has 1 aliphatic carbocycles. The number of amides is 1. The van der Waals surface area contributed by atoms with Crippen LogP contribution in [0.25, 0.3) is 0 Å². The lowest BCUT2D eigenvalue weighted by Crippen LogP contribution is -2.29. The summed E-state index contributed by atoms with van der Waals surface area (Å²) in [5, 5.41) is 12.6. The zero-order chi connectivity index (χ0) is 18.4. The first-order chi connectivity index (χ1) is 11.8. The second-order valence-electron chi connectivity index (χ2n) is 5.82. The van der Waals surface area contributed by atoms with E-state index in [4.69, 9.17) is 4.74 Å². The lowest BCUT2D eigenvalue weighted by molar-refractivity contribution is -0.120. The molecule has 1 unspecified atom stereocenters. The summed E-state index contributed by atoms with van der Waals surface area (Å²) >= 11 is 0. The second kappa shape index (κ2) is 7.92. The monoisotopic (exact) mass is 350 g/mol. The molecule has 1 aliphatic rings. The van der Waals surface area contributed by atoms with E-state index >= 15 is 0 Å². The van der Waals surface area contributed by atoms with Crippen molar-refractivity contribution in [2.45, 2.75) is 32.2 Å². The normalized spacial score (nSPS) is 17.1. The van der Waals surface area contributed by atoms with E-state index in [1.54, 1.807) is 31.2 Å². The van der Waals surface area contributed by atoms with Gasteiger partial charge in [-0.2, -0.15) is 0 Å². The summed E-state index contributed by atoms with van der Waals surface area (Å²) in [6.45, 7) is 1.65. The molecule has 2 N–H and O–H groups in total. The number of aromatic nitrogens is 1. The number of ether oxygens (including phenoxy) is 1. The maximum Gasteiger partial charge on any atom is 0.286 e. The van der Waals surface area contributed by atoms with Crippen LogP contribution >= 0.6 is 0 Å². The third-order valence-corrected chi connectivity index (χ3v) is 3.41. The molecule has 1 aromatic rings. The Morgan fingerprint density at radius 3 is 2.84 bits per heavy atom. The topological polar surface area (TPSA) is 71.5 Å². The highest BCUT2D eigenvalue weighted by molar-refractivity contribution is 5.92. The number of aliphatic hydroxyl groups excluding tert-OH is 1. The van der Waals surface area contributed by atoms with Gasteiger partial charge in [-0.05, 0) is 19.4 Å². The highest BCUT2D eigenvalue weighted by atomic mass is 19.3. The molecule has 134 valence electrons. The minimum atomic E-state index is -2.96. The van der Waals surface area contributed by atoms with E-state index in [-0.39, 0.29) is 11.6 Å². The zero-order valence-corrected chi connectivity index (χ0v) is 14.0. The van der Waals surface area contributed by atoms with Gasteiger partial charge in [-0.1, -0.05) is 30.4 Å². The molecule has 0 saturated carbocycles. The molecule has 1 amide bonds. The van der Waals surface area contributed by atoms with Gasteiger partial charge in [-0.25, -0.2) is 13.8 Å². The third-order valence-electron chi connectivity index (χ3n) is 3.41. The molecule has 5 nitrogen and oxygen atoms in total. The highest BCUT2D eigenvalue weighted by Crippen LogP contribution is 2.19. The van der Waals surface area contributed by atoms with E-state index < -0.39 is 24.5 Å². The molecule has 0 aromatic carbocycles. The highest BCUT2D eigenvalue weighted by Gasteiger charge is 2.23. The first-order valence-electron chi connectivity index (χ1n) is 7.80. The van der Waals surface area contributed by atoms with Crippen molar-refractivity contribution < 1.29 is 23.4 Å². The molecule has 0 radical (unpaired) electrons. The van der Waals surface area contributed by atoms with Gasteiger partial charge in [0, 0.05) is 18.6 Å². The van der Waals surface area contributed by atoms with Crippen LogP contribution in [0.1, 0.15) is 32.0 Å². The molecule has 1 aromatic heterocycles. The van der Waals surface area contributed by atoms with E-state index in [1.807, 2.05) is 12.2 Å². The molecule has 7 heteroatoms. The van der Waals surface area contributed by atoms with Crippen LogP contribution in [0.15, 0.2) is 53.8 Å². The fraction of sp³-hybridized carbons (Fsp3) is 0.333. The van der Waals surface area contributed by atoms with Gasteiger partial charge in [0.2, 0.25) is 5.88 Å². The summed E-state index contributed by atoms with van der Waals surface area (Å²) in [6, 6.07) is 4.16. The molecule has 1 heterocycles. The van der Waals surface area contributed by atoms with Crippen molar-refractivity contribution >= 4 is 5.91 Å². The Hall–Kier alpha value is -2.70. The van der Waals surface area contributed by atoms with Gasteiger partial charge >= 0.3 is 0 Å². The molecule has 0 spiro atoms. The Morgan fingerprint density at radius 1 is 1.44 bits per heavy atom. The second-order valence-corrected chi connectivity index (χ2v) is 5.82. The average Bonchev–Trinajstić information content (AvgIpc) is 2.59. The van der Waals surface area contributed by atoms with Crippen LogP contribution in [0, 0.1) is 0 Å². The molecule has 1 atom stereocenters. The maximum atomic E-state index is 12.9. The average molecular weight is 350 g/mol. The number of halogens is 2. The van der Waals surface area contributed by atoms with Crippen LogP contribution in [-0.4, -0.2) is 28.5 Å². The van der Waals surface area contributed by atoms with E-state index in [0.29, 0.717) is 17.7 Å².